The van der Waals surface area contributed by atoms with Crippen LogP contribution in [0.15, 0.2) is 79.1 Å². The van der Waals surface area contributed by atoms with E-state index in [1.807, 2.05) is 42.5 Å². The number of hydrogen-bond donors (Lipinski definition) is 2. The van der Waals surface area contributed by atoms with E-state index in [1.54, 1.807) is 12.4 Å². The second kappa shape index (κ2) is 8.64. The zero-order valence-electron chi connectivity index (χ0n) is 14.0. The summed E-state index contributed by atoms with van der Waals surface area (Å²) in [6.45, 7) is 1.30. The first kappa shape index (κ1) is 16.7. The Kier molecular flexibility index (Phi) is 5.77. The van der Waals surface area contributed by atoms with Crippen LogP contribution in [0.2, 0.25) is 0 Å². The third-order valence-electron chi connectivity index (χ3n) is 3.88. The number of rotatable bonds is 7. The van der Waals surface area contributed by atoms with Crippen LogP contribution in [-0.4, -0.2) is 17.4 Å². The number of nitrogens with one attached hydrogen (secondary N) is 2. The third kappa shape index (κ3) is 5.18. The molecule has 0 radical (unpaired) electrons. The Labute approximate surface area is 147 Å². The average Bonchev–Trinajstić information content (AvgIpc) is 2.68. The summed E-state index contributed by atoms with van der Waals surface area (Å²) < 4.78 is 0. The fourth-order valence-corrected chi connectivity index (χ4v) is 2.53. The lowest BCUT2D eigenvalue weighted by Gasteiger charge is -2.09. The Bertz CT molecular complexity index is 804. The standard InChI is InChI=1S/C21H21N3O/c25-21(23-12-11-17-7-3-1-4-8-17)19-13-20(16-22-15-19)24-14-18-9-5-2-6-10-18/h1-10,13,15-16,24H,11-12,14H2,(H,23,25). The van der Waals surface area contributed by atoms with Crippen LogP contribution in [0.25, 0.3) is 0 Å². The molecule has 0 aliphatic heterocycles. The number of amides is 1. The number of nitrogens with zero attached hydrogens (tertiary/aromatic N) is 1. The largest absolute Gasteiger partial charge is 0.380 e. The number of carbonyl (C=O) groups is 1. The SMILES string of the molecule is O=C(NCCc1ccccc1)c1cncc(NCc2ccccc2)c1. The van der Waals surface area contributed by atoms with Gasteiger partial charge in [0.2, 0.25) is 0 Å². The van der Waals surface area contributed by atoms with Gasteiger partial charge in [-0.15, -0.1) is 0 Å². The van der Waals surface area contributed by atoms with E-state index in [0.717, 1.165) is 12.1 Å². The molecule has 0 saturated heterocycles. The molecule has 25 heavy (non-hydrogen) atoms. The van der Waals surface area contributed by atoms with Crippen molar-refractivity contribution in [1.29, 1.82) is 0 Å². The van der Waals surface area contributed by atoms with Gasteiger partial charge in [-0.3, -0.25) is 9.78 Å². The van der Waals surface area contributed by atoms with Crippen LogP contribution < -0.4 is 10.6 Å². The van der Waals surface area contributed by atoms with Crippen LogP contribution in [0.5, 0.6) is 0 Å². The zero-order valence-corrected chi connectivity index (χ0v) is 14.0. The summed E-state index contributed by atoms with van der Waals surface area (Å²) in [5.74, 6) is -0.105. The van der Waals surface area contributed by atoms with Crippen molar-refractivity contribution in [2.75, 3.05) is 11.9 Å². The monoisotopic (exact) mass is 331 g/mol. The van der Waals surface area contributed by atoms with Crippen LogP contribution in [0.3, 0.4) is 0 Å². The molecular formula is C21H21N3O. The first-order valence-corrected chi connectivity index (χ1v) is 8.36. The smallest absolute Gasteiger partial charge is 0.252 e. The van der Waals surface area contributed by atoms with Crippen molar-refractivity contribution < 1.29 is 4.79 Å². The predicted molar refractivity (Wildman–Crippen MR) is 100 cm³/mol. The van der Waals surface area contributed by atoms with E-state index in [1.165, 1.54) is 11.1 Å². The molecule has 0 unspecified atom stereocenters. The second-order valence-corrected chi connectivity index (χ2v) is 5.79. The van der Waals surface area contributed by atoms with Crippen LogP contribution in [0, 0.1) is 0 Å². The molecule has 4 heteroatoms. The van der Waals surface area contributed by atoms with Crippen molar-refractivity contribution in [2.24, 2.45) is 0 Å². The van der Waals surface area contributed by atoms with E-state index in [2.05, 4.69) is 39.9 Å². The molecule has 0 atom stereocenters. The molecule has 0 aliphatic carbocycles. The molecule has 3 aromatic rings. The van der Waals surface area contributed by atoms with Crippen LogP contribution in [-0.2, 0) is 13.0 Å². The topological polar surface area (TPSA) is 54.0 Å². The molecule has 2 aromatic carbocycles. The minimum absolute atomic E-state index is 0.105. The Balaban J connectivity index is 1.52. The van der Waals surface area contributed by atoms with E-state index < -0.39 is 0 Å². The normalized spacial score (nSPS) is 10.2. The highest BCUT2D eigenvalue weighted by Crippen LogP contribution is 2.10. The number of carbonyl (C=O) groups excluding carboxylic acids is 1. The molecule has 4 nitrogen and oxygen atoms in total. The van der Waals surface area contributed by atoms with Gasteiger partial charge in [0.25, 0.3) is 5.91 Å². The molecule has 2 N–H and O–H groups in total. The molecule has 0 aliphatic rings. The molecule has 0 fully saturated rings. The summed E-state index contributed by atoms with van der Waals surface area (Å²) >= 11 is 0. The molecule has 1 amide bonds. The van der Waals surface area contributed by atoms with Crippen LogP contribution in [0.4, 0.5) is 5.69 Å². The fourth-order valence-electron chi connectivity index (χ4n) is 2.53. The van der Waals surface area contributed by atoms with E-state index in [9.17, 15) is 4.79 Å². The highest BCUT2D eigenvalue weighted by Gasteiger charge is 2.06. The Morgan fingerprint density at radius 1 is 0.880 bits per heavy atom. The zero-order chi connectivity index (χ0) is 17.3. The number of hydrogen-bond acceptors (Lipinski definition) is 3. The summed E-state index contributed by atoms with van der Waals surface area (Å²) in [5, 5.41) is 6.24. The maximum absolute atomic E-state index is 12.3. The average molecular weight is 331 g/mol. The predicted octanol–water partition coefficient (Wildman–Crippen LogP) is 3.67. The molecular weight excluding hydrogens is 310 g/mol. The van der Waals surface area contributed by atoms with Gasteiger partial charge in [0, 0.05) is 25.5 Å². The van der Waals surface area contributed by atoms with Gasteiger partial charge >= 0.3 is 0 Å². The van der Waals surface area contributed by atoms with Crippen molar-refractivity contribution in [3.63, 3.8) is 0 Å². The highest BCUT2D eigenvalue weighted by molar-refractivity contribution is 5.94. The van der Waals surface area contributed by atoms with Gasteiger partial charge in [0.1, 0.15) is 0 Å². The Hall–Kier alpha value is -3.14. The Morgan fingerprint density at radius 3 is 2.28 bits per heavy atom. The lowest BCUT2D eigenvalue weighted by molar-refractivity contribution is 0.0954. The van der Waals surface area contributed by atoms with E-state index >= 15 is 0 Å². The van der Waals surface area contributed by atoms with Crippen LogP contribution in [0.1, 0.15) is 21.5 Å². The fraction of sp³-hybridized carbons (Fsp3) is 0.143. The molecule has 1 heterocycles. The quantitative estimate of drug-likeness (QED) is 0.694. The molecule has 126 valence electrons. The molecule has 3 rings (SSSR count). The maximum Gasteiger partial charge on any atom is 0.252 e. The van der Waals surface area contributed by atoms with E-state index in [0.29, 0.717) is 18.7 Å². The molecule has 1 aromatic heterocycles. The van der Waals surface area contributed by atoms with Gasteiger partial charge in [0.05, 0.1) is 11.3 Å². The van der Waals surface area contributed by atoms with Crippen molar-refractivity contribution >= 4 is 11.6 Å². The van der Waals surface area contributed by atoms with Crippen LogP contribution >= 0.6 is 0 Å². The first-order chi connectivity index (χ1) is 12.3. The number of pyridine rings is 1. The summed E-state index contributed by atoms with van der Waals surface area (Å²) in [7, 11) is 0. The van der Waals surface area contributed by atoms with Gasteiger partial charge in [-0.05, 0) is 23.6 Å². The van der Waals surface area contributed by atoms with Crippen molar-refractivity contribution in [2.45, 2.75) is 13.0 Å². The van der Waals surface area contributed by atoms with E-state index in [4.69, 9.17) is 0 Å². The Morgan fingerprint density at radius 2 is 1.56 bits per heavy atom. The van der Waals surface area contributed by atoms with Gasteiger partial charge in [-0.25, -0.2) is 0 Å². The summed E-state index contributed by atoms with van der Waals surface area (Å²) in [6.07, 6.45) is 4.13. The number of aromatic nitrogens is 1. The molecule has 0 bridgehead atoms. The van der Waals surface area contributed by atoms with E-state index in [-0.39, 0.29) is 5.91 Å². The van der Waals surface area contributed by atoms with Crippen molar-refractivity contribution in [3.05, 3.63) is 95.8 Å². The minimum atomic E-state index is -0.105. The first-order valence-electron chi connectivity index (χ1n) is 8.36. The lowest BCUT2D eigenvalue weighted by Crippen LogP contribution is -2.25. The van der Waals surface area contributed by atoms with Gasteiger partial charge in [0.15, 0.2) is 0 Å². The maximum atomic E-state index is 12.3. The molecule has 0 saturated carbocycles. The van der Waals surface area contributed by atoms with Crippen molar-refractivity contribution in [3.8, 4) is 0 Å². The summed E-state index contributed by atoms with van der Waals surface area (Å²) in [4.78, 5) is 16.4. The van der Waals surface area contributed by atoms with Gasteiger partial charge in [-0.1, -0.05) is 60.7 Å². The van der Waals surface area contributed by atoms with Crippen molar-refractivity contribution in [1.82, 2.24) is 10.3 Å². The third-order valence-corrected chi connectivity index (χ3v) is 3.88. The summed E-state index contributed by atoms with van der Waals surface area (Å²) in [5.41, 5.74) is 3.78. The number of anilines is 1. The second-order valence-electron chi connectivity index (χ2n) is 5.79. The highest BCUT2D eigenvalue weighted by atomic mass is 16.1. The minimum Gasteiger partial charge on any atom is -0.380 e. The molecule has 0 spiro atoms. The number of benzene rings is 2. The summed E-state index contributed by atoms with van der Waals surface area (Å²) in [6, 6.07) is 22.1. The van der Waals surface area contributed by atoms with Gasteiger partial charge < -0.3 is 10.6 Å². The van der Waals surface area contributed by atoms with Gasteiger partial charge in [-0.2, -0.15) is 0 Å². The lowest BCUT2D eigenvalue weighted by atomic mass is 10.1.